The van der Waals surface area contributed by atoms with Crippen molar-refractivity contribution >= 4 is 22.6 Å². The average Bonchev–Trinajstić information content (AvgIpc) is 3.21. The number of nitrogen functional groups attached to an aromatic ring is 1. The molecule has 0 saturated carbocycles. The van der Waals surface area contributed by atoms with E-state index in [9.17, 15) is 18.0 Å². The molecular formula is C23H24F3N5O3. The van der Waals surface area contributed by atoms with Crippen LogP contribution in [0.5, 0.6) is 0 Å². The molecule has 3 heterocycles. The summed E-state index contributed by atoms with van der Waals surface area (Å²) in [6.07, 6.45) is -4.95. The zero-order valence-corrected chi connectivity index (χ0v) is 18.9. The number of nitrogens with zero attached hydrogens (tertiary/aromatic N) is 4. The Labute approximate surface area is 193 Å². The molecule has 2 aromatic heterocycles. The summed E-state index contributed by atoms with van der Waals surface area (Å²) >= 11 is 0. The molecule has 2 N–H and O–H groups in total. The number of anilines is 1. The van der Waals surface area contributed by atoms with Gasteiger partial charge in [-0.15, -0.1) is 5.10 Å². The Morgan fingerprint density at radius 1 is 1.29 bits per heavy atom. The lowest BCUT2D eigenvalue weighted by Gasteiger charge is -2.30. The normalized spacial score (nSPS) is 16.5. The van der Waals surface area contributed by atoms with Crippen molar-refractivity contribution < 1.29 is 27.4 Å². The van der Waals surface area contributed by atoms with E-state index in [0.29, 0.717) is 29.9 Å². The summed E-state index contributed by atoms with van der Waals surface area (Å²) in [5, 5.41) is 7.68. The molecule has 1 amide bonds. The molecule has 0 spiro atoms. The number of halogens is 3. The predicted octanol–water partition coefficient (Wildman–Crippen LogP) is 4.24. The van der Waals surface area contributed by atoms with Gasteiger partial charge in [-0.1, -0.05) is 6.92 Å². The number of fused-ring (bicyclic) bond motifs is 3. The topological polar surface area (TPSA) is 103 Å². The third kappa shape index (κ3) is 4.40. The lowest BCUT2D eigenvalue weighted by atomic mass is 10.00. The van der Waals surface area contributed by atoms with Crippen LogP contribution in [0.2, 0.25) is 0 Å². The molecule has 0 saturated heterocycles. The first-order valence-electron chi connectivity index (χ1n) is 10.7. The Bertz CT molecular complexity index is 1210. The molecule has 8 nitrogen and oxygen atoms in total. The number of amides is 1. The van der Waals surface area contributed by atoms with Crippen molar-refractivity contribution in [3.63, 3.8) is 0 Å². The van der Waals surface area contributed by atoms with Crippen LogP contribution in [0.3, 0.4) is 0 Å². The van der Waals surface area contributed by atoms with Gasteiger partial charge in [0.25, 0.3) is 5.91 Å². The Morgan fingerprint density at radius 3 is 2.68 bits per heavy atom. The van der Waals surface area contributed by atoms with Crippen LogP contribution in [-0.2, 0) is 28.8 Å². The van der Waals surface area contributed by atoms with E-state index in [-0.39, 0.29) is 24.2 Å². The van der Waals surface area contributed by atoms with Gasteiger partial charge in [0.05, 0.1) is 30.5 Å². The molecule has 34 heavy (non-hydrogen) atoms. The maximum atomic E-state index is 13.6. The van der Waals surface area contributed by atoms with E-state index in [2.05, 4.69) is 15.2 Å². The highest BCUT2D eigenvalue weighted by Crippen LogP contribution is 2.38. The minimum absolute atomic E-state index is 0.0768. The van der Waals surface area contributed by atoms with Crippen molar-refractivity contribution in [1.82, 2.24) is 20.1 Å². The zero-order valence-electron chi connectivity index (χ0n) is 18.9. The van der Waals surface area contributed by atoms with E-state index in [1.54, 1.807) is 18.2 Å². The highest BCUT2D eigenvalue weighted by Gasteiger charge is 2.33. The Morgan fingerprint density at radius 2 is 2.06 bits per heavy atom. The van der Waals surface area contributed by atoms with Crippen LogP contribution in [0.25, 0.3) is 10.9 Å². The molecule has 2 atom stereocenters. The number of alkyl halides is 3. The highest BCUT2D eigenvalue weighted by atomic mass is 19.4. The molecule has 4 rings (SSSR count). The van der Waals surface area contributed by atoms with Gasteiger partial charge in [0, 0.05) is 23.6 Å². The number of benzene rings is 1. The number of aromatic nitrogens is 3. The number of rotatable bonds is 6. The van der Waals surface area contributed by atoms with E-state index >= 15 is 0 Å². The number of hydrogen-bond donors (Lipinski definition) is 1. The number of carbonyl (C=O) groups excluding carboxylic acids is 1. The second-order valence-corrected chi connectivity index (χ2v) is 8.01. The Kier molecular flexibility index (Phi) is 6.41. The van der Waals surface area contributed by atoms with Gasteiger partial charge in [0.15, 0.2) is 5.69 Å². The van der Waals surface area contributed by atoms with E-state index in [1.807, 2.05) is 13.8 Å². The minimum atomic E-state index is -4.59. The molecule has 0 bridgehead atoms. The maximum absolute atomic E-state index is 13.6. The molecule has 0 fully saturated rings. The van der Waals surface area contributed by atoms with Crippen LogP contribution < -0.4 is 5.73 Å². The van der Waals surface area contributed by atoms with Crippen molar-refractivity contribution in [3.8, 4) is 0 Å². The number of methoxy groups -OCH3 is 1. The molecule has 0 aliphatic carbocycles. The fourth-order valence-corrected chi connectivity index (χ4v) is 4.15. The number of nitrogens with two attached hydrogens (primary N) is 1. The van der Waals surface area contributed by atoms with E-state index in [1.165, 1.54) is 18.1 Å². The highest BCUT2D eigenvalue weighted by molar-refractivity contribution is 5.99. The number of ether oxygens (including phenoxy) is 2. The van der Waals surface area contributed by atoms with E-state index < -0.39 is 18.1 Å². The van der Waals surface area contributed by atoms with Crippen LogP contribution in [0, 0.1) is 0 Å². The molecule has 11 heteroatoms. The van der Waals surface area contributed by atoms with Crippen LogP contribution >= 0.6 is 0 Å². The third-order valence-corrected chi connectivity index (χ3v) is 5.87. The minimum Gasteiger partial charge on any atom is -0.383 e. The largest absolute Gasteiger partial charge is 0.435 e. The van der Waals surface area contributed by atoms with Crippen LogP contribution in [0.4, 0.5) is 19.0 Å². The van der Waals surface area contributed by atoms with Gasteiger partial charge in [-0.3, -0.25) is 4.79 Å². The Hall–Kier alpha value is -3.31. The first kappa shape index (κ1) is 23.8. The summed E-state index contributed by atoms with van der Waals surface area (Å²) in [5.74, 6) is 0.0364. The van der Waals surface area contributed by atoms with Gasteiger partial charge in [-0.05, 0) is 49.2 Å². The molecule has 180 valence electrons. The molecule has 3 aromatic rings. The van der Waals surface area contributed by atoms with Crippen LogP contribution in [-0.4, -0.2) is 39.3 Å². The molecular weight excluding hydrogens is 451 g/mol. The summed E-state index contributed by atoms with van der Waals surface area (Å²) in [5.41, 5.74) is 7.94. The maximum Gasteiger partial charge on any atom is 0.435 e. The monoisotopic (exact) mass is 475 g/mol. The summed E-state index contributed by atoms with van der Waals surface area (Å²) in [6, 6.07) is 7.13. The lowest BCUT2D eigenvalue weighted by Crippen LogP contribution is -2.41. The van der Waals surface area contributed by atoms with Crippen molar-refractivity contribution in [2.24, 2.45) is 0 Å². The van der Waals surface area contributed by atoms with Crippen molar-refractivity contribution in [2.45, 2.75) is 51.9 Å². The summed E-state index contributed by atoms with van der Waals surface area (Å²) in [7, 11) is 1.46. The van der Waals surface area contributed by atoms with Gasteiger partial charge < -0.3 is 20.1 Å². The van der Waals surface area contributed by atoms with Gasteiger partial charge in [0.2, 0.25) is 0 Å². The van der Waals surface area contributed by atoms with Crippen molar-refractivity contribution in [3.05, 3.63) is 58.4 Å². The quantitative estimate of drug-likeness (QED) is 0.532. The van der Waals surface area contributed by atoms with Crippen LogP contribution in [0.1, 0.15) is 59.2 Å². The summed E-state index contributed by atoms with van der Waals surface area (Å²) in [4.78, 5) is 19.4. The van der Waals surface area contributed by atoms with Gasteiger partial charge in [0.1, 0.15) is 12.0 Å². The van der Waals surface area contributed by atoms with Gasteiger partial charge >= 0.3 is 6.18 Å². The molecule has 1 aliphatic rings. The summed E-state index contributed by atoms with van der Waals surface area (Å²) < 4.78 is 49.7. The van der Waals surface area contributed by atoms with Crippen LogP contribution in [0.15, 0.2) is 30.3 Å². The number of pyridine rings is 1. The third-order valence-electron chi connectivity index (χ3n) is 5.87. The second-order valence-electron chi connectivity index (χ2n) is 8.01. The Balaban J connectivity index is 1.70. The molecule has 1 unspecified atom stereocenters. The van der Waals surface area contributed by atoms with E-state index in [0.717, 1.165) is 22.6 Å². The SMILES string of the molecule is CCC(OC)N(Cc1ccc(C(F)(F)F)nn1)C(=O)c1ccc2nc(N)c3c(c2c1)CO[C@@H]3C. The average molecular weight is 475 g/mol. The molecule has 0 radical (unpaired) electrons. The number of carbonyl (C=O) groups is 1. The van der Waals surface area contributed by atoms with Crippen molar-refractivity contribution in [1.29, 1.82) is 0 Å². The molecule has 1 aromatic carbocycles. The standard InChI is InChI=1S/C23H24F3N5O3/c1-4-19(33-3)31(10-14-6-8-18(30-29-14)23(24,25)26)22(32)13-5-7-17-15(9-13)16-11-34-12(2)20(16)21(27)28-17/h5-9,12,19H,4,10-11H2,1-3H3,(H2,27,28)/t12-,19?/m1/s1. The lowest BCUT2D eigenvalue weighted by molar-refractivity contribution is -0.141. The fourth-order valence-electron chi connectivity index (χ4n) is 4.15. The van der Waals surface area contributed by atoms with E-state index in [4.69, 9.17) is 15.2 Å². The van der Waals surface area contributed by atoms with Crippen molar-refractivity contribution in [2.75, 3.05) is 12.8 Å². The van der Waals surface area contributed by atoms with Gasteiger partial charge in [-0.2, -0.15) is 18.3 Å². The van der Waals surface area contributed by atoms with Gasteiger partial charge in [-0.25, -0.2) is 4.98 Å². The predicted molar refractivity (Wildman–Crippen MR) is 117 cm³/mol. The first-order valence-corrected chi connectivity index (χ1v) is 10.7. The fraction of sp³-hybridized carbons (Fsp3) is 0.391. The number of hydrogen-bond acceptors (Lipinski definition) is 7. The smallest absolute Gasteiger partial charge is 0.383 e. The molecule has 1 aliphatic heterocycles. The first-order chi connectivity index (χ1) is 16.1. The zero-order chi connectivity index (χ0) is 24.6. The summed E-state index contributed by atoms with van der Waals surface area (Å²) in [6.45, 7) is 4.01. The second kappa shape index (κ2) is 9.15.